The largest absolute Gasteiger partial charge is 0.481 e. The third-order valence-corrected chi connectivity index (χ3v) is 11.9. The number of nitrogens with two attached hydrogens (primary N) is 1. The van der Waals surface area contributed by atoms with Gasteiger partial charge in [0.1, 0.15) is 11.6 Å². The quantitative estimate of drug-likeness (QED) is 0.125. The van der Waals surface area contributed by atoms with E-state index in [2.05, 4.69) is 106 Å². The normalized spacial score (nSPS) is 17.6. The molecule has 1 aliphatic heterocycles. The number of anilines is 1. The molecule has 0 spiro atoms. The molecule has 2 atom stereocenters. The van der Waals surface area contributed by atoms with Crippen molar-refractivity contribution in [1.29, 1.82) is 0 Å². The molecule has 0 radical (unpaired) electrons. The maximum atomic E-state index is 13.9. The average molecular weight is 781 g/mol. The number of carbonyl (C=O) groups is 2. The fourth-order valence-electron chi connectivity index (χ4n) is 8.85. The smallest absolute Gasteiger partial charge is 0.309 e. The Balaban J connectivity index is 0.000000162. The first-order valence-electron chi connectivity index (χ1n) is 20.0. The molecule has 8 nitrogen and oxygen atoms in total. The SMILES string of the molecule is Nc1c(CCc2ccccc2)c(-c2ccccc2)cc2c1Cc1ccccc1-2.O=C(N[C@H]1CCN(C2CCCC2)C[C@@H]1C(=O)O)c1cc(-c2ccc(F)cc2F)on1. The molecule has 4 N–H and O–H groups in total. The van der Waals surface area contributed by atoms with Crippen LogP contribution in [0.3, 0.4) is 0 Å². The Labute approximate surface area is 336 Å². The molecule has 1 aromatic heterocycles. The van der Waals surface area contributed by atoms with E-state index in [0.717, 1.165) is 50.4 Å². The fourth-order valence-corrected chi connectivity index (χ4v) is 8.85. The number of hydrogen-bond acceptors (Lipinski definition) is 6. The van der Waals surface area contributed by atoms with E-state index in [1.54, 1.807) is 0 Å². The zero-order valence-corrected chi connectivity index (χ0v) is 32.2. The maximum absolute atomic E-state index is 13.9. The zero-order valence-electron chi connectivity index (χ0n) is 32.2. The van der Waals surface area contributed by atoms with E-state index in [1.165, 1.54) is 69.5 Å². The van der Waals surface area contributed by atoms with Crippen molar-refractivity contribution in [3.63, 3.8) is 0 Å². The van der Waals surface area contributed by atoms with Crippen LogP contribution in [0.5, 0.6) is 0 Å². The Morgan fingerprint density at radius 1 is 0.810 bits per heavy atom. The minimum atomic E-state index is -0.947. The summed E-state index contributed by atoms with van der Waals surface area (Å²) in [5.41, 5.74) is 18.1. The van der Waals surface area contributed by atoms with Crippen LogP contribution in [0, 0.1) is 17.6 Å². The number of nitrogen functional groups attached to an aromatic ring is 1. The number of halogens is 2. The number of benzene rings is 5. The number of carbonyl (C=O) groups excluding carboxylic acids is 1. The van der Waals surface area contributed by atoms with Crippen LogP contribution in [0.25, 0.3) is 33.6 Å². The van der Waals surface area contributed by atoms with Crippen LogP contribution >= 0.6 is 0 Å². The molecule has 6 aromatic rings. The first-order valence-corrected chi connectivity index (χ1v) is 20.0. The van der Waals surface area contributed by atoms with Gasteiger partial charge in [-0.2, -0.15) is 0 Å². The molecule has 2 heterocycles. The van der Waals surface area contributed by atoms with E-state index in [-0.39, 0.29) is 17.0 Å². The van der Waals surface area contributed by atoms with Crippen molar-refractivity contribution >= 4 is 17.6 Å². The number of aliphatic carboxylic acids is 1. The molecule has 3 aliphatic rings. The number of aromatic nitrogens is 1. The third-order valence-electron chi connectivity index (χ3n) is 11.9. The van der Waals surface area contributed by atoms with Crippen LogP contribution in [0.15, 0.2) is 120 Å². The number of fused-ring (bicyclic) bond motifs is 3. The monoisotopic (exact) mass is 780 g/mol. The summed E-state index contributed by atoms with van der Waals surface area (Å²) in [5.74, 6) is -3.82. The van der Waals surface area contributed by atoms with Crippen molar-refractivity contribution in [3.05, 3.63) is 155 Å². The number of likely N-dealkylation sites (tertiary alicyclic amines) is 1. The molecule has 1 saturated carbocycles. The Bertz CT molecular complexity index is 2410. The lowest BCUT2D eigenvalue weighted by Gasteiger charge is -2.39. The van der Waals surface area contributed by atoms with Crippen LogP contribution in [0.4, 0.5) is 14.5 Å². The van der Waals surface area contributed by atoms with Gasteiger partial charge in [0, 0.05) is 49.4 Å². The topological polar surface area (TPSA) is 122 Å². The molecule has 0 unspecified atom stereocenters. The average Bonchev–Trinajstić information content (AvgIpc) is 4.03. The summed E-state index contributed by atoms with van der Waals surface area (Å²) in [5, 5.41) is 16.1. The van der Waals surface area contributed by atoms with Crippen molar-refractivity contribution in [2.45, 2.75) is 63.5 Å². The molecule has 10 heteroatoms. The highest BCUT2D eigenvalue weighted by Gasteiger charge is 2.38. The van der Waals surface area contributed by atoms with E-state index < -0.39 is 35.5 Å². The zero-order chi connectivity index (χ0) is 40.2. The van der Waals surface area contributed by atoms with Gasteiger partial charge in [-0.15, -0.1) is 0 Å². The maximum Gasteiger partial charge on any atom is 0.309 e. The van der Waals surface area contributed by atoms with Gasteiger partial charge in [-0.1, -0.05) is 103 Å². The van der Waals surface area contributed by atoms with Crippen molar-refractivity contribution in [3.8, 4) is 33.6 Å². The summed E-state index contributed by atoms with van der Waals surface area (Å²) in [6, 6.07) is 36.5. The summed E-state index contributed by atoms with van der Waals surface area (Å²) >= 11 is 0. The number of rotatable bonds is 9. The lowest BCUT2D eigenvalue weighted by Crippen LogP contribution is -2.55. The van der Waals surface area contributed by atoms with Crippen LogP contribution in [-0.2, 0) is 24.1 Å². The summed E-state index contributed by atoms with van der Waals surface area (Å²) in [4.78, 5) is 26.6. The van der Waals surface area contributed by atoms with Crippen LogP contribution in [0.1, 0.15) is 64.8 Å². The highest BCUT2D eigenvalue weighted by Crippen LogP contribution is 2.45. The first kappa shape index (κ1) is 38.7. The lowest BCUT2D eigenvalue weighted by molar-refractivity contribution is -0.145. The van der Waals surface area contributed by atoms with Gasteiger partial charge in [-0.25, -0.2) is 8.78 Å². The molecule has 58 heavy (non-hydrogen) atoms. The highest BCUT2D eigenvalue weighted by molar-refractivity contribution is 5.94. The van der Waals surface area contributed by atoms with E-state index in [1.807, 2.05) is 0 Å². The van der Waals surface area contributed by atoms with Gasteiger partial charge in [-0.3, -0.25) is 14.5 Å². The van der Waals surface area contributed by atoms with E-state index in [9.17, 15) is 23.5 Å². The Hall–Kier alpha value is -6.13. The molecule has 9 rings (SSSR count). The van der Waals surface area contributed by atoms with Gasteiger partial charge in [0.05, 0.1) is 11.5 Å². The Morgan fingerprint density at radius 3 is 2.28 bits per heavy atom. The number of carboxylic acid groups (broad SMARTS) is 1. The summed E-state index contributed by atoms with van der Waals surface area (Å²) in [6.07, 6.45) is 7.92. The van der Waals surface area contributed by atoms with E-state index in [0.29, 0.717) is 25.1 Å². The minimum Gasteiger partial charge on any atom is -0.481 e. The fraction of sp³-hybridized carbons (Fsp3) is 0.271. The van der Waals surface area contributed by atoms with Gasteiger partial charge < -0.3 is 20.7 Å². The lowest BCUT2D eigenvalue weighted by atomic mass is 9.89. The minimum absolute atomic E-state index is 0.0107. The number of piperidine rings is 1. The van der Waals surface area contributed by atoms with Gasteiger partial charge in [0.2, 0.25) is 0 Å². The van der Waals surface area contributed by atoms with Crippen molar-refractivity contribution in [1.82, 2.24) is 15.4 Å². The van der Waals surface area contributed by atoms with Crippen molar-refractivity contribution in [2.75, 3.05) is 18.8 Å². The standard InChI is InChI=1S/C27H23N.C21H23F2N3O4/c28-27-23(16-15-19-9-3-1-4-10-19)24(20-11-5-2-6-12-20)18-25-22-14-8-7-13-21(22)17-26(25)27;22-12-5-6-14(16(23)9-12)19-10-18(25-30-19)20(27)24-17-7-8-26(11-15(17)21(28)29)13-3-1-2-4-13/h1-14,18H,15-17,28H2;5-6,9-10,13,15,17H,1-4,7-8,11H2,(H,24,27)(H,28,29)/t;15-,17-/m.0/s1. The van der Waals surface area contributed by atoms with Crippen LogP contribution in [-0.4, -0.2) is 52.2 Å². The molecule has 0 bridgehead atoms. The Morgan fingerprint density at radius 2 is 1.53 bits per heavy atom. The molecular formula is C48H46F2N4O4. The molecule has 2 fully saturated rings. The number of nitrogens with one attached hydrogen (secondary N) is 1. The van der Waals surface area contributed by atoms with E-state index >= 15 is 0 Å². The summed E-state index contributed by atoms with van der Waals surface area (Å²) in [6.45, 7) is 1.13. The summed E-state index contributed by atoms with van der Waals surface area (Å²) in [7, 11) is 0. The van der Waals surface area contributed by atoms with Crippen LogP contribution < -0.4 is 11.1 Å². The predicted octanol–water partition coefficient (Wildman–Crippen LogP) is 9.36. The first-order chi connectivity index (χ1) is 28.2. The molecule has 296 valence electrons. The van der Waals surface area contributed by atoms with Gasteiger partial charge >= 0.3 is 5.97 Å². The van der Waals surface area contributed by atoms with Gasteiger partial charge in [-0.05, 0) is 94.8 Å². The summed E-state index contributed by atoms with van der Waals surface area (Å²) < 4.78 is 32.1. The van der Waals surface area contributed by atoms with Gasteiger partial charge in [0.15, 0.2) is 11.5 Å². The molecule has 1 amide bonds. The van der Waals surface area contributed by atoms with Crippen molar-refractivity contribution < 1.29 is 28.0 Å². The molecule has 5 aromatic carbocycles. The van der Waals surface area contributed by atoms with Gasteiger partial charge in [0.25, 0.3) is 5.91 Å². The second-order valence-corrected chi connectivity index (χ2v) is 15.5. The van der Waals surface area contributed by atoms with Crippen LogP contribution in [0.2, 0.25) is 0 Å². The van der Waals surface area contributed by atoms with Crippen molar-refractivity contribution in [2.24, 2.45) is 5.92 Å². The number of nitrogens with zero attached hydrogens (tertiary/aromatic N) is 2. The third kappa shape index (κ3) is 8.29. The predicted molar refractivity (Wildman–Crippen MR) is 221 cm³/mol. The number of amides is 1. The molecule has 1 saturated heterocycles. The second-order valence-electron chi connectivity index (χ2n) is 15.5. The Kier molecular flexibility index (Phi) is 11.5. The molecular weight excluding hydrogens is 735 g/mol. The number of aryl methyl sites for hydroxylation is 1. The number of carboxylic acids is 1. The van der Waals surface area contributed by atoms with E-state index in [4.69, 9.17) is 10.3 Å². The second kappa shape index (κ2) is 17.2. The number of hydrogen-bond donors (Lipinski definition) is 3. The highest BCUT2D eigenvalue weighted by atomic mass is 19.1. The molecule has 2 aliphatic carbocycles.